The number of benzene rings is 2. The van der Waals surface area contributed by atoms with E-state index in [2.05, 4.69) is 34.5 Å². The highest BCUT2D eigenvalue weighted by Gasteiger charge is 2.46. The van der Waals surface area contributed by atoms with E-state index in [0.29, 0.717) is 45.2 Å². The molecule has 1 amide bonds. The monoisotopic (exact) mass is 607 g/mol. The van der Waals surface area contributed by atoms with Gasteiger partial charge in [-0.25, -0.2) is 0 Å². The number of amides is 1. The average Bonchev–Trinajstić information content (AvgIpc) is 3.73. The van der Waals surface area contributed by atoms with E-state index in [0.717, 1.165) is 12.0 Å². The molecule has 0 fully saturated rings. The first-order chi connectivity index (χ1) is 19.9. The molecule has 0 bridgehead atoms. The molecule has 1 aliphatic rings. The van der Waals surface area contributed by atoms with Crippen LogP contribution < -0.4 is 14.4 Å². The van der Waals surface area contributed by atoms with Gasteiger partial charge in [0.05, 0.1) is 29.7 Å². The number of thioether (sulfide) groups is 1. The maximum atomic E-state index is 13.7. The van der Waals surface area contributed by atoms with Gasteiger partial charge in [0, 0.05) is 5.75 Å². The van der Waals surface area contributed by atoms with Gasteiger partial charge < -0.3 is 14.6 Å². The molecule has 41 heavy (non-hydrogen) atoms. The maximum Gasteiger partial charge on any atom is 0.296 e. The van der Waals surface area contributed by atoms with Gasteiger partial charge in [0.1, 0.15) is 0 Å². The van der Waals surface area contributed by atoms with Crippen LogP contribution in [0.25, 0.3) is 0 Å². The number of anilines is 1. The maximum absolute atomic E-state index is 13.7. The summed E-state index contributed by atoms with van der Waals surface area (Å²) in [5.74, 6) is 0.0350. The van der Waals surface area contributed by atoms with Gasteiger partial charge in [-0.1, -0.05) is 72.0 Å². The zero-order valence-corrected chi connectivity index (χ0v) is 25.3. The first-order valence-corrected chi connectivity index (χ1v) is 15.9. The molecule has 1 aliphatic heterocycles. The number of hydrogen-bond acceptors (Lipinski definition) is 10. The summed E-state index contributed by atoms with van der Waals surface area (Å²) in [4.78, 5) is 29.0. The summed E-state index contributed by atoms with van der Waals surface area (Å²) in [5.41, 5.74) is 2.91. The molecule has 3 heterocycles. The van der Waals surface area contributed by atoms with Crippen molar-refractivity contribution < 1.29 is 24.2 Å². The number of ether oxygens (including phenoxy) is 2. The van der Waals surface area contributed by atoms with Crippen molar-refractivity contribution in [2.75, 3.05) is 18.1 Å². The molecule has 2 aromatic carbocycles. The fourth-order valence-corrected chi connectivity index (χ4v) is 6.87. The number of aromatic nitrogens is 2. The number of carbonyl (C=O) groups excluding carboxylic acids is 2. The van der Waals surface area contributed by atoms with E-state index in [9.17, 15) is 14.7 Å². The molecule has 5 rings (SSSR count). The lowest BCUT2D eigenvalue weighted by Crippen LogP contribution is -2.31. The lowest BCUT2D eigenvalue weighted by Gasteiger charge is -2.25. The number of carbonyl (C=O) groups is 2. The van der Waals surface area contributed by atoms with E-state index < -0.39 is 23.5 Å². The molecule has 0 radical (unpaired) electrons. The topological polar surface area (TPSA) is 102 Å². The minimum Gasteiger partial charge on any atom is -0.503 e. The van der Waals surface area contributed by atoms with Crippen LogP contribution >= 0.6 is 34.4 Å². The molecule has 1 atom stereocenters. The summed E-state index contributed by atoms with van der Waals surface area (Å²) in [6.45, 7) is 6.85. The average molecular weight is 608 g/mol. The fraction of sp³-hybridized carbons (Fsp3) is 0.267. The number of nitrogens with zero attached hydrogens (tertiary/aromatic N) is 3. The van der Waals surface area contributed by atoms with Crippen molar-refractivity contribution in [2.45, 2.75) is 43.3 Å². The van der Waals surface area contributed by atoms with Crippen molar-refractivity contribution in [1.82, 2.24) is 10.2 Å². The van der Waals surface area contributed by atoms with Crippen LogP contribution in [0.2, 0.25) is 0 Å². The van der Waals surface area contributed by atoms with Crippen LogP contribution in [0.4, 0.5) is 5.13 Å². The van der Waals surface area contributed by atoms with Crippen molar-refractivity contribution in [3.05, 3.63) is 92.9 Å². The zero-order chi connectivity index (χ0) is 28.9. The van der Waals surface area contributed by atoms with Gasteiger partial charge in [0.15, 0.2) is 21.6 Å². The van der Waals surface area contributed by atoms with Gasteiger partial charge in [-0.15, -0.1) is 21.5 Å². The van der Waals surface area contributed by atoms with Crippen LogP contribution in [0.3, 0.4) is 0 Å². The highest BCUT2D eigenvalue weighted by atomic mass is 32.2. The van der Waals surface area contributed by atoms with E-state index in [1.807, 2.05) is 20.8 Å². The van der Waals surface area contributed by atoms with Gasteiger partial charge in [0.2, 0.25) is 10.9 Å². The Morgan fingerprint density at radius 1 is 1.07 bits per heavy atom. The number of thiophene rings is 1. The van der Waals surface area contributed by atoms with Crippen LogP contribution in [0, 0.1) is 6.92 Å². The van der Waals surface area contributed by atoms with E-state index in [1.165, 1.54) is 44.9 Å². The molecule has 1 unspecified atom stereocenters. The molecule has 2 aromatic heterocycles. The highest BCUT2D eigenvalue weighted by Crippen LogP contribution is 2.45. The van der Waals surface area contributed by atoms with Gasteiger partial charge in [-0.3, -0.25) is 14.5 Å². The van der Waals surface area contributed by atoms with Crippen molar-refractivity contribution in [1.29, 1.82) is 0 Å². The second kappa shape index (κ2) is 12.9. The van der Waals surface area contributed by atoms with Crippen molar-refractivity contribution in [3.8, 4) is 11.5 Å². The largest absolute Gasteiger partial charge is 0.503 e. The van der Waals surface area contributed by atoms with E-state index in [-0.39, 0.29) is 10.7 Å². The van der Waals surface area contributed by atoms with E-state index in [4.69, 9.17) is 9.47 Å². The molecule has 1 N–H and O–H groups in total. The van der Waals surface area contributed by atoms with Crippen LogP contribution in [-0.2, 0) is 10.5 Å². The number of aliphatic hydroxyl groups is 1. The summed E-state index contributed by atoms with van der Waals surface area (Å²) in [5, 5.41) is 21.8. The summed E-state index contributed by atoms with van der Waals surface area (Å²) in [7, 11) is 0. The minimum atomic E-state index is -0.931. The van der Waals surface area contributed by atoms with Crippen LogP contribution in [-0.4, -0.2) is 40.2 Å². The number of ketones is 1. The molecule has 0 saturated carbocycles. The van der Waals surface area contributed by atoms with Crippen LogP contribution in [0.1, 0.15) is 52.7 Å². The molecule has 8 nitrogen and oxygen atoms in total. The molecule has 4 aromatic rings. The third-order valence-corrected chi connectivity index (χ3v) is 9.32. The second-order valence-electron chi connectivity index (χ2n) is 9.26. The number of aryl methyl sites for hydroxylation is 1. The first-order valence-electron chi connectivity index (χ1n) is 13.2. The lowest BCUT2D eigenvalue weighted by molar-refractivity contribution is -0.117. The van der Waals surface area contributed by atoms with Gasteiger partial charge >= 0.3 is 0 Å². The Kier molecular flexibility index (Phi) is 9.06. The van der Waals surface area contributed by atoms with Crippen LogP contribution in [0.5, 0.6) is 11.5 Å². The third kappa shape index (κ3) is 6.17. The number of rotatable bonds is 12. The predicted molar refractivity (Wildman–Crippen MR) is 163 cm³/mol. The van der Waals surface area contributed by atoms with Crippen molar-refractivity contribution in [3.63, 3.8) is 0 Å². The summed E-state index contributed by atoms with van der Waals surface area (Å²) in [6, 6.07) is 16.1. The third-order valence-electron chi connectivity index (χ3n) is 6.33. The lowest BCUT2D eigenvalue weighted by atomic mass is 9.95. The standard InChI is InChI=1S/C30H29N3O5S3/c1-4-14-38-21-13-12-20(16-22(21)37-5-2)25-24(26(34)23-7-6-15-39-23)27(35)28(36)33(25)29-31-32-30(41-29)40-17-19-10-8-18(3)9-11-19/h6-13,15-16,25,35H,4-5,14,17H2,1-3H3. The number of aliphatic hydroxyl groups excluding tert-OH is 1. The summed E-state index contributed by atoms with van der Waals surface area (Å²) in [6.07, 6.45) is 0.829. The Morgan fingerprint density at radius 3 is 2.59 bits per heavy atom. The molecule has 0 spiro atoms. The van der Waals surface area contributed by atoms with Gasteiger partial charge in [-0.2, -0.15) is 0 Å². The normalized spacial score (nSPS) is 15.0. The Morgan fingerprint density at radius 2 is 1.88 bits per heavy atom. The Balaban J connectivity index is 1.52. The highest BCUT2D eigenvalue weighted by molar-refractivity contribution is 8.00. The molecule has 212 valence electrons. The van der Waals surface area contributed by atoms with E-state index in [1.54, 1.807) is 35.7 Å². The van der Waals surface area contributed by atoms with Crippen molar-refractivity contribution >= 4 is 51.3 Å². The Bertz CT molecular complexity index is 1560. The molecule has 11 heteroatoms. The van der Waals surface area contributed by atoms with Crippen LogP contribution in [0.15, 0.2) is 75.6 Å². The van der Waals surface area contributed by atoms with Crippen molar-refractivity contribution in [2.24, 2.45) is 0 Å². The van der Waals surface area contributed by atoms with E-state index >= 15 is 0 Å². The molecule has 0 saturated heterocycles. The quantitative estimate of drug-likeness (QED) is 0.103. The van der Waals surface area contributed by atoms with Gasteiger partial charge in [0.25, 0.3) is 5.91 Å². The summed E-state index contributed by atoms with van der Waals surface area (Å²) < 4.78 is 12.4. The van der Waals surface area contributed by atoms with Gasteiger partial charge in [-0.05, 0) is 55.0 Å². The minimum absolute atomic E-state index is 0.00816. The smallest absolute Gasteiger partial charge is 0.296 e. The SMILES string of the molecule is CCCOc1ccc(C2C(C(=O)c3cccs3)=C(O)C(=O)N2c2nnc(SCc3ccc(C)cc3)s2)cc1OCC. The molecule has 0 aliphatic carbocycles. The molecular formula is C30H29N3O5S3. The number of Topliss-reactive ketones (excluding diaryl/α,β-unsaturated/α-hetero) is 1. The fourth-order valence-electron chi connectivity index (χ4n) is 4.37. The Hall–Kier alpha value is -3.67. The molecular weight excluding hydrogens is 579 g/mol. The number of hydrogen-bond donors (Lipinski definition) is 1. The first kappa shape index (κ1) is 28.8. The summed E-state index contributed by atoms with van der Waals surface area (Å²) >= 11 is 4.00. The predicted octanol–water partition coefficient (Wildman–Crippen LogP) is 7.17. The second-order valence-corrected chi connectivity index (χ2v) is 12.4. The zero-order valence-electron chi connectivity index (χ0n) is 22.8. The Labute approximate surface area is 250 Å².